The molecule has 0 aliphatic carbocycles. The van der Waals surface area contributed by atoms with E-state index in [0.717, 1.165) is 15.4 Å². The maximum atomic E-state index is 12.4. The van der Waals surface area contributed by atoms with Crippen molar-refractivity contribution in [3.05, 3.63) is 75.8 Å². The highest BCUT2D eigenvalue weighted by Crippen LogP contribution is 2.27. The highest BCUT2D eigenvalue weighted by molar-refractivity contribution is 7.15. The Bertz CT molecular complexity index is 1070. The fraction of sp³-hybridized carbons (Fsp3) is 0.211. The molecule has 0 N–H and O–H groups in total. The van der Waals surface area contributed by atoms with Crippen molar-refractivity contribution in [1.29, 1.82) is 0 Å². The zero-order chi connectivity index (χ0) is 17.4. The van der Waals surface area contributed by atoms with Gasteiger partial charge in [-0.2, -0.15) is 0 Å². The Balaban J connectivity index is 1.60. The second-order valence-corrected chi connectivity index (χ2v) is 7.39. The monoisotopic (exact) mass is 350 g/mol. The molecule has 4 aromatic rings. The maximum Gasteiger partial charge on any atom is 0.350 e. The fourth-order valence-electron chi connectivity index (χ4n) is 2.74. The van der Waals surface area contributed by atoms with E-state index in [0.29, 0.717) is 18.1 Å². The molecule has 0 atom stereocenters. The third kappa shape index (κ3) is 3.00. The predicted octanol–water partition coefficient (Wildman–Crippen LogP) is 3.79. The topological polar surface area (TPSA) is 52.2 Å². The van der Waals surface area contributed by atoms with Crippen molar-refractivity contribution in [3.63, 3.8) is 0 Å². The zero-order valence-electron chi connectivity index (χ0n) is 14.1. The highest BCUT2D eigenvalue weighted by Gasteiger charge is 2.10. The summed E-state index contributed by atoms with van der Waals surface area (Å²) in [5.74, 6) is 0.517. The van der Waals surface area contributed by atoms with Gasteiger partial charge in [0, 0.05) is 22.8 Å². The summed E-state index contributed by atoms with van der Waals surface area (Å²) in [6.45, 7) is 4.80. The number of hydrogen-bond donors (Lipinski definition) is 0. The molecule has 25 heavy (non-hydrogen) atoms. The summed E-state index contributed by atoms with van der Waals surface area (Å²) in [6.07, 6.45) is 3.56. The predicted molar refractivity (Wildman–Crippen MR) is 100 cm³/mol. The van der Waals surface area contributed by atoms with E-state index in [1.807, 2.05) is 24.4 Å². The molecule has 0 spiro atoms. The third-order valence-electron chi connectivity index (χ3n) is 4.17. The average molecular weight is 350 g/mol. The van der Waals surface area contributed by atoms with Crippen LogP contribution >= 0.6 is 11.3 Å². The highest BCUT2D eigenvalue weighted by atomic mass is 32.1. The quantitative estimate of drug-likeness (QED) is 0.563. The van der Waals surface area contributed by atoms with E-state index in [9.17, 15) is 4.79 Å². The number of pyridine rings is 1. The van der Waals surface area contributed by atoms with Crippen molar-refractivity contribution in [2.24, 2.45) is 0 Å². The second kappa shape index (κ2) is 6.29. The van der Waals surface area contributed by atoms with Crippen LogP contribution in [0, 0.1) is 0 Å². The Morgan fingerprint density at radius 2 is 1.92 bits per heavy atom. The molecule has 0 unspecified atom stereocenters. The minimum Gasteiger partial charge on any atom is -0.250 e. The second-order valence-electron chi connectivity index (χ2n) is 6.28. The number of fused-ring (bicyclic) bond motifs is 1. The van der Waals surface area contributed by atoms with Crippen molar-refractivity contribution < 1.29 is 0 Å². The first-order chi connectivity index (χ1) is 12.1. The number of benzene rings is 1. The smallest absolute Gasteiger partial charge is 0.250 e. The van der Waals surface area contributed by atoms with E-state index in [1.54, 1.807) is 21.9 Å². The molecular formula is C19H18N4OS. The van der Waals surface area contributed by atoms with Gasteiger partial charge in [0.2, 0.25) is 0 Å². The molecule has 0 fully saturated rings. The summed E-state index contributed by atoms with van der Waals surface area (Å²) in [5.41, 5.74) is 2.94. The molecule has 0 aliphatic heterocycles. The van der Waals surface area contributed by atoms with Crippen LogP contribution in [0.1, 0.15) is 30.2 Å². The summed E-state index contributed by atoms with van der Waals surface area (Å²) < 4.78 is 3.03. The van der Waals surface area contributed by atoms with Gasteiger partial charge in [0.05, 0.1) is 6.54 Å². The molecule has 126 valence electrons. The van der Waals surface area contributed by atoms with Crippen LogP contribution in [-0.4, -0.2) is 19.2 Å². The normalized spacial score (nSPS) is 11.5. The summed E-state index contributed by atoms with van der Waals surface area (Å²) in [4.78, 5) is 17.9. The lowest BCUT2D eigenvalue weighted by molar-refractivity contribution is 0.665. The number of hydrogen-bond acceptors (Lipinski definition) is 4. The first kappa shape index (κ1) is 15.8. The van der Waals surface area contributed by atoms with Gasteiger partial charge >= 0.3 is 5.69 Å². The zero-order valence-corrected chi connectivity index (χ0v) is 14.9. The van der Waals surface area contributed by atoms with E-state index >= 15 is 0 Å². The summed E-state index contributed by atoms with van der Waals surface area (Å²) in [5, 5.41) is 5.33. The van der Waals surface area contributed by atoms with Crippen LogP contribution in [0.25, 0.3) is 16.2 Å². The van der Waals surface area contributed by atoms with Gasteiger partial charge in [-0.1, -0.05) is 44.2 Å². The number of rotatable bonds is 4. The van der Waals surface area contributed by atoms with Crippen LogP contribution in [0.2, 0.25) is 0 Å². The fourth-order valence-corrected chi connectivity index (χ4v) is 3.64. The van der Waals surface area contributed by atoms with Gasteiger partial charge in [-0.05, 0) is 23.6 Å². The molecule has 1 aromatic carbocycles. The Morgan fingerprint density at radius 1 is 1.12 bits per heavy atom. The van der Waals surface area contributed by atoms with Crippen LogP contribution in [0.4, 0.5) is 0 Å². The Morgan fingerprint density at radius 3 is 2.64 bits per heavy atom. The van der Waals surface area contributed by atoms with Gasteiger partial charge < -0.3 is 0 Å². The SMILES string of the molecule is CC(C)c1ccc(-c2ncc(Cn3nc4ccccn4c3=O)s2)cc1. The van der Waals surface area contributed by atoms with E-state index in [1.165, 1.54) is 10.2 Å². The van der Waals surface area contributed by atoms with Crippen molar-refractivity contribution >= 4 is 17.0 Å². The van der Waals surface area contributed by atoms with Crippen molar-refractivity contribution in [2.45, 2.75) is 26.3 Å². The Labute approximate surface area is 149 Å². The third-order valence-corrected chi connectivity index (χ3v) is 5.20. The molecule has 6 heteroatoms. The minimum absolute atomic E-state index is 0.133. The Kier molecular flexibility index (Phi) is 3.97. The average Bonchev–Trinajstić information content (AvgIpc) is 3.21. The van der Waals surface area contributed by atoms with Crippen LogP contribution in [0.5, 0.6) is 0 Å². The maximum absolute atomic E-state index is 12.4. The largest absolute Gasteiger partial charge is 0.350 e. The molecule has 0 saturated heterocycles. The lowest BCUT2D eigenvalue weighted by atomic mass is 10.0. The molecule has 3 aromatic heterocycles. The summed E-state index contributed by atoms with van der Waals surface area (Å²) >= 11 is 1.59. The lowest BCUT2D eigenvalue weighted by Crippen LogP contribution is -2.21. The van der Waals surface area contributed by atoms with E-state index in [-0.39, 0.29) is 5.69 Å². The molecule has 0 amide bonds. The van der Waals surface area contributed by atoms with Crippen LogP contribution in [0.3, 0.4) is 0 Å². The van der Waals surface area contributed by atoms with E-state index < -0.39 is 0 Å². The molecular weight excluding hydrogens is 332 g/mol. The molecule has 5 nitrogen and oxygen atoms in total. The number of nitrogens with zero attached hydrogens (tertiary/aromatic N) is 4. The van der Waals surface area contributed by atoms with Crippen LogP contribution < -0.4 is 5.69 Å². The van der Waals surface area contributed by atoms with E-state index in [4.69, 9.17) is 0 Å². The summed E-state index contributed by atoms with van der Waals surface area (Å²) in [6, 6.07) is 14.0. The van der Waals surface area contributed by atoms with Crippen molar-refractivity contribution in [2.75, 3.05) is 0 Å². The molecule has 0 aliphatic rings. The van der Waals surface area contributed by atoms with Gasteiger partial charge in [0.15, 0.2) is 5.65 Å². The standard InChI is InChI=1S/C19H18N4OS/c1-13(2)14-6-8-15(9-7-14)18-20-11-16(25-18)12-23-19(24)22-10-4-3-5-17(22)21-23/h3-11,13H,12H2,1-2H3. The van der Waals surface area contributed by atoms with Gasteiger partial charge in [-0.25, -0.2) is 14.5 Å². The van der Waals surface area contributed by atoms with Gasteiger partial charge in [-0.3, -0.25) is 4.40 Å². The van der Waals surface area contributed by atoms with Crippen molar-refractivity contribution in [1.82, 2.24) is 19.2 Å². The van der Waals surface area contributed by atoms with Gasteiger partial charge in [0.25, 0.3) is 0 Å². The molecule has 4 rings (SSSR count). The van der Waals surface area contributed by atoms with Gasteiger partial charge in [-0.15, -0.1) is 16.4 Å². The molecule has 3 heterocycles. The van der Waals surface area contributed by atoms with Crippen molar-refractivity contribution in [3.8, 4) is 10.6 Å². The number of thiazole rings is 1. The minimum atomic E-state index is -0.133. The molecule has 0 radical (unpaired) electrons. The van der Waals surface area contributed by atoms with Crippen LogP contribution in [0.15, 0.2) is 59.7 Å². The Hall–Kier alpha value is -2.73. The first-order valence-electron chi connectivity index (χ1n) is 8.21. The first-order valence-corrected chi connectivity index (χ1v) is 9.03. The van der Waals surface area contributed by atoms with E-state index in [2.05, 4.69) is 48.2 Å². The lowest BCUT2D eigenvalue weighted by Gasteiger charge is -2.05. The van der Waals surface area contributed by atoms with Crippen LogP contribution in [-0.2, 0) is 6.54 Å². The molecule has 0 saturated carbocycles. The summed E-state index contributed by atoms with van der Waals surface area (Å²) in [7, 11) is 0. The van der Waals surface area contributed by atoms with Gasteiger partial charge in [0.1, 0.15) is 5.01 Å². The number of aromatic nitrogens is 4. The molecule has 0 bridgehead atoms.